The van der Waals surface area contributed by atoms with Crippen LogP contribution in [0.2, 0.25) is 0 Å². The number of hydrogen-bond donors (Lipinski definition) is 2. The number of nitrogens with zero attached hydrogens (tertiary/aromatic N) is 2. The molecule has 0 saturated heterocycles. The third kappa shape index (κ3) is 5.34. The summed E-state index contributed by atoms with van der Waals surface area (Å²) in [5.74, 6) is 0.564. The molecule has 1 aliphatic rings. The highest BCUT2D eigenvalue weighted by Gasteiger charge is 2.44. The minimum Gasteiger partial charge on any atom is -0.356 e. The second-order valence-corrected chi connectivity index (χ2v) is 7.44. The van der Waals surface area contributed by atoms with Gasteiger partial charge in [0.2, 0.25) is 0 Å². The fourth-order valence-corrected chi connectivity index (χ4v) is 3.76. The van der Waals surface area contributed by atoms with Gasteiger partial charge in [0.15, 0.2) is 11.7 Å². The van der Waals surface area contributed by atoms with Crippen molar-refractivity contribution in [2.75, 3.05) is 13.6 Å². The zero-order valence-corrected chi connectivity index (χ0v) is 18.2. The van der Waals surface area contributed by atoms with E-state index in [4.69, 9.17) is 0 Å². The first kappa shape index (κ1) is 21.9. The van der Waals surface area contributed by atoms with E-state index in [0.717, 1.165) is 36.1 Å². The fraction of sp³-hybridized carbons (Fsp3) is 0.444. The van der Waals surface area contributed by atoms with Gasteiger partial charge in [-0.3, -0.25) is 4.99 Å². The predicted octanol–water partition coefficient (Wildman–Crippen LogP) is 4.49. The number of guanidine groups is 1. The van der Waals surface area contributed by atoms with E-state index in [0.29, 0.717) is 11.0 Å². The molecule has 0 spiro atoms. The molecule has 27 heavy (non-hydrogen) atoms. The molecular weight excluding hydrogens is 488 g/mol. The SMILES string of the molecule is CN=C(NCc1nc(C(F)(F)F)cs1)NCC1(c2ccccc2C)CC1.I. The van der Waals surface area contributed by atoms with Crippen LogP contribution < -0.4 is 10.6 Å². The largest absolute Gasteiger partial charge is 0.434 e. The zero-order valence-electron chi connectivity index (χ0n) is 15.1. The van der Waals surface area contributed by atoms with Crippen molar-refractivity contribution in [3.8, 4) is 0 Å². The maximum absolute atomic E-state index is 12.6. The summed E-state index contributed by atoms with van der Waals surface area (Å²) in [7, 11) is 1.64. The maximum Gasteiger partial charge on any atom is 0.434 e. The molecule has 0 bridgehead atoms. The molecule has 1 aliphatic carbocycles. The van der Waals surface area contributed by atoms with Crippen molar-refractivity contribution in [3.63, 3.8) is 0 Å². The van der Waals surface area contributed by atoms with Crippen LogP contribution in [0.15, 0.2) is 34.6 Å². The van der Waals surface area contributed by atoms with Gasteiger partial charge in [-0.15, -0.1) is 35.3 Å². The Morgan fingerprint density at radius 1 is 1.26 bits per heavy atom. The van der Waals surface area contributed by atoms with E-state index in [9.17, 15) is 13.2 Å². The number of rotatable bonds is 5. The lowest BCUT2D eigenvalue weighted by Gasteiger charge is -2.20. The first-order valence-corrected chi connectivity index (χ1v) is 9.24. The number of aryl methyl sites for hydroxylation is 1. The molecule has 0 amide bonds. The molecule has 0 radical (unpaired) electrons. The van der Waals surface area contributed by atoms with E-state index >= 15 is 0 Å². The van der Waals surface area contributed by atoms with Gasteiger partial charge in [-0.2, -0.15) is 13.2 Å². The average molecular weight is 510 g/mol. The summed E-state index contributed by atoms with van der Waals surface area (Å²) >= 11 is 0.987. The van der Waals surface area contributed by atoms with Crippen molar-refractivity contribution >= 4 is 41.3 Å². The number of aliphatic imine (C=N–C) groups is 1. The van der Waals surface area contributed by atoms with Crippen LogP contribution in [0.25, 0.3) is 0 Å². The second-order valence-electron chi connectivity index (χ2n) is 6.50. The molecule has 9 heteroatoms. The summed E-state index contributed by atoms with van der Waals surface area (Å²) in [5.41, 5.74) is 1.89. The van der Waals surface area contributed by atoms with Crippen LogP contribution in [-0.2, 0) is 18.1 Å². The maximum atomic E-state index is 12.6. The lowest BCUT2D eigenvalue weighted by Crippen LogP contribution is -2.41. The molecule has 1 saturated carbocycles. The van der Waals surface area contributed by atoms with E-state index in [2.05, 4.69) is 45.7 Å². The first-order valence-electron chi connectivity index (χ1n) is 8.36. The number of benzene rings is 1. The van der Waals surface area contributed by atoms with Crippen LogP contribution in [0.3, 0.4) is 0 Å². The van der Waals surface area contributed by atoms with Crippen molar-refractivity contribution in [2.24, 2.45) is 4.99 Å². The Balaban J connectivity index is 0.00000261. The molecule has 0 atom stereocenters. The molecule has 0 aliphatic heterocycles. The molecule has 1 aromatic heterocycles. The summed E-state index contributed by atoms with van der Waals surface area (Å²) in [6, 6.07) is 8.36. The molecule has 1 fully saturated rings. The van der Waals surface area contributed by atoms with Gasteiger partial charge in [-0.1, -0.05) is 24.3 Å². The second kappa shape index (κ2) is 8.76. The zero-order chi connectivity index (χ0) is 18.8. The molecule has 2 aromatic rings. The van der Waals surface area contributed by atoms with Gasteiger partial charge in [0, 0.05) is 24.4 Å². The monoisotopic (exact) mass is 510 g/mol. The third-order valence-electron chi connectivity index (χ3n) is 4.64. The standard InChI is InChI=1S/C18H21F3N4S.HI/c1-12-5-3-4-6-13(12)17(7-8-17)11-24-16(22-2)23-9-15-25-14(10-26-15)18(19,20)21;/h3-6,10H,7-9,11H2,1-2H3,(H2,22,23,24);1H. The number of nitrogens with one attached hydrogen (secondary N) is 2. The smallest absolute Gasteiger partial charge is 0.356 e. The normalized spacial score (nSPS) is 15.8. The number of thiazole rings is 1. The lowest BCUT2D eigenvalue weighted by molar-refractivity contribution is -0.140. The van der Waals surface area contributed by atoms with E-state index in [1.54, 1.807) is 7.05 Å². The van der Waals surface area contributed by atoms with Gasteiger partial charge in [-0.25, -0.2) is 4.98 Å². The Morgan fingerprint density at radius 2 is 1.96 bits per heavy atom. The van der Waals surface area contributed by atoms with Crippen LogP contribution in [0, 0.1) is 6.92 Å². The van der Waals surface area contributed by atoms with Crippen molar-refractivity contribution in [1.82, 2.24) is 15.6 Å². The van der Waals surface area contributed by atoms with Crippen LogP contribution in [0.4, 0.5) is 13.2 Å². The highest BCUT2D eigenvalue weighted by molar-refractivity contribution is 14.0. The van der Waals surface area contributed by atoms with Crippen LogP contribution in [0.1, 0.15) is 34.7 Å². The Kier molecular flexibility index (Phi) is 7.12. The number of hydrogen-bond acceptors (Lipinski definition) is 3. The highest BCUT2D eigenvalue weighted by Crippen LogP contribution is 2.48. The van der Waals surface area contributed by atoms with Crippen molar-refractivity contribution < 1.29 is 13.2 Å². The Labute approximate surface area is 177 Å². The summed E-state index contributed by atoms with van der Waals surface area (Å²) < 4.78 is 37.8. The number of aromatic nitrogens is 1. The van der Waals surface area contributed by atoms with Gasteiger partial charge in [0.05, 0.1) is 6.54 Å². The minimum atomic E-state index is -4.40. The quantitative estimate of drug-likeness (QED) is 0.354. The molecule has 1 aromatic carbocycles. The molecular formula is C18H22F3IN4S. The Bertz CT molecular complexity index is 800. The van der Waals surface area contributed by atoms with Gasteiger partial charge in [-0.05, 0) is 30.9 Å². The summed E-state index contributed by atoms with van der Waals surface area (Å²) in [4.78, 5) is 7.77. The fourth-order valence-electron chi connectivity index (χ4n) is 3.02. The summed E-state index contributed by atoms with van der Waals surface area (Å²) in [5, 5.41) is 7.74. The van der Waals surface area contributed by atoms with Gasteiger partial charge in [0.1, 0.15) is 5.01 Å². The molecule has 148 valence electrons. The average Bonchev–Trinajstić information content (AvgIpc) is 3.22. The van der Waals surface area contributed by atoms with Gasteiger partial charge in [0.25, 0.3) is 0 Å². The van der Waals surface area contributed by atoms with Crippen molar-refractivity contribution in [3.05, 3.63) is 51.5 Å². The topological polar surface area (TPSA) is 49.3 Å². The summed E-state index contributed by atoms with van der Waals surface area (Å²) in [6.45, 7) is 3.06. The first-order chi connectivity index (χ1) is 12.3. The van der Waals surface area contributed by atoms with E-state index < -0.39 is 11.9 Å². The molecule has 3 rings (SSSR count). The van der Waals surface area contributed by atoms with Crippen molar-refractivity contribution in [2.45, 2.75) is 37.9 Å². The number of halogens is 4. The Hall–Kier alpha value is -1.36. The van der Waals surface area contributed by atoms with E-state index in [1.165, 1.54) is 11.1 Å². The van der Waals surface area contributed by atoms with Crippen LogP contribution in [-0.4, -0.2) is 24.5 Å². The molecule has 0 unspecified atom stereocenters. The van der Waals surface area contributed by atoms with Gasteiger partial charge >= 0.3 is 6.18 Å². The van der Waals surface area contributed by atoms with Crippen LogP contribution in [0.5, 0.6) is 0 Å². The molecule has 1 heterocycles. The minimum absolute atomic E-state index is 0. The molecule has 4 nitrogen and oxygen atoms in total. The molecule has 2 N–H and O–H groups in total. The summed E-state index contributed by atoms with van der Waals surface area (Å²) in [6.07, 6.45) is -2.17. The highest BCUT2D eigenvalue weighted by atomic mass is 127. The Morgan fingerprint density at radius 3 is 2.52 bits per heavy atom. The van der Waals surface area contributed by atoms with Crippen LogP contribution >= 0.6 is 35.3 Å². The predicted molar refractivity (Wildman–Crippen MR) is 113 cm³/mol. The van der Waals surface area contributed by atoms with E-state index in [-0.39, 0.29) is 35.9 Å². The van der Waals surface area contributed by atoms with E-state index in [1.807, 2.05) is 6.07 Å². The van der Waals surface area contributed by atoms with Gasteiger partial charge < -0.3 is 10.6 Å². The lowest BCUT2D eigenvalue weighted by atomic mass is 9.92. The third-order valence-corrected chi connectivity index (χ3v) is 5.49. The van der Waals surface area contributed by atoms with Crippen molar-refractivity contribution in [1.29, 1.82) is 0 Å². The number of alkyl halides is 3.